The molecule has 0 aliphatic carbocycles. The zero-order chi connectivity index (χ0) is 17.0. The Hall–Kier alpha value is -1.44. The van der Waals surface area contributed by atoms with E-state index < -0.39 is 10.0 Å². The summed E-state index contributed by atoms with van der Waals surface area (Å²) in [6.07, 6.45) is 0.816. The fourth-order valence-corrected chi connectivity index (χ4v) is 3.78. The summed E-state index contributed by atoms with van der Waals surface area (Å²) < 4.78 is 32.0. The lowest BCUT2D eigenvalue weighted by atomic mass is 10.1. The molecule has 7 heteroatoms. The van der Waals surface area contributed by atoms with Crippen LogP contribution in [0.4, 0.5) is 0 Å². The van der Waals surface area contributed by atoms with Gasteiger partial charge in [-0.3, -0.25) is 4.79 Å². The van der Waals surface area contributed by atoms with E-state index in [1.165, 1.54) is 10.4 Å². The minimum Gasteiger partial charge on any atom is -0.379 e. The number of morpholine rings is 1. The molecule has 1 aliphatic rings. The zero-order valence-electron chi connectivity index (χ0n) is 13.8. The number of carbonyl (C=O) groups is 1. The molecule has 0 radical (unpaired) electrons. The van der Waals surface area contributed by atoms with E-state index in [-0.39, 0.29) is 16.8 Å². The molecule has 0 unspecified atom stereocenters. The summed E-state index contributed by atoms with van der Waals surface area (Å²) in [5.41, 5.74) is 1.16. The van der Waals surface area contributed by atoms with Crippen LogP contribution >= 0.6 is 0 Å². The minimum atomic E-state index is -3.60. The highest BCUT2D eigenvalue weighted by molar-refractivity contribution is 7.89. The van der Waals surface area contributed by atoms with Crippen LogP contribution < -0.4 is 5.32 Å². The third kappa shape index (κ3) is 4.10. The van der Waals surface area contributed by atoms with Gasteiger partial charge in [0.15, 0.2) is 0 Å². The summed E-state index contributed by atoms with van der Waals surface area (Å²) in [5.74, 6) is -0.240. The quantitative estimate of drug-likeness (QED) is 0.882. The van der Waals surface area contributed by atoms with E-state index in [2.05, 4.69) is 5.32 Å². The van der Waals surface area contributed by atoms with Crippen molar-refractivity contribution in [1.29, 1.82) is 0 Å². The summed E-state index contributed by atoms with van der Waals surface area (Å²) in [6.45, 7) is 7.17. The van der Waals surface area contributed by atoms with Crippen molar-refractivity contribution >= 4 is 15.9 Å². The third-order valence-electron chi connectivity index (χ3n) is 4.05. The van der Waals surface area contributed by atoms with Gasteiger partial charge in [0.2, 0.25) is 10.0 Å². The lowest BCUT2D eigenvalue weighted by Gasteiger charge is -2.26. The maximum atomic E-state index is 12.7. The van der Waals surface area contributed by atoms with Crippen molar-refractivity contribution in [2.45, 2.75) is 38.1 Å². The van der Waals surface area contributed by atoms with Gasteiger partial charge in [0.25, 0.3) is 5.91 Å². The molecule has 0 saturated carbocycles. The maximum Gasteiger partial charge on any atom is 0.251 e. The van der Waals surface area contributed by atoms with Crippen molar-refractivity contribution in [2.24, 2.45) is 0 Å². The lowest BCUT2D eigenvalue weighted by molar-refractivity contribution is 0.0730. The van der Waals surface area contributed by atoms with E-state index in [1.807, 2.05) is 13.8 Å². The Bertz CT molecular complexity index is 667. The Kier molecular flexibility index (Phi) is 5.78. The van der Waals surface area contributed by atoms with Gasteiger partial charge in [-0.25, -0.2) is 8.42 Å². The highest BCUT2D eigenvalue weighted by atomic mass is 32.2. The van der Waals surface area contributed by atoms with Crippen LogP contribution in [0.2, 0.25) is 0 Å². The van der Waals surface area contributed by atoms with Crippen molar-refractivity contribution in [3.8, 4) is 0 Å². The Morgan fingerprint density at radius 1 is 1.35 bits per heavy atom. The molecule has 128 valence electrons. The van der Waals surface area contributed by atoms with Gasteiger partial charge in [-0.2, -0.15) is 4.31 Å². The van der Waals surface area contributed by atoms with Gasteiger partial charge in [-0.05, 0) is 38.0 Å². The Labute approximate surface area is 137 Å². The van der Waals surface area contributed by atoms with Crippen LogP contribution in [0.1, 0.15) is 36.2 Å². The van der Waals surface area contributed by atoms with Crippen molar-refractivity contribution in [3.63, 3.8) is 0 Å². The number of sulfonamides is 1. The first-order chi connectivity index (χ1) is 10.9. The topological polar surface area (TPSA) is 75.7 Å². The van der Waals surface area contributed by atoms with Gasteiger partial charge in [0, 0.05) is 24.7 Å². The van der Waals surface area contributed by atoms with Crippen molar-refractivity contribution in [3.05, 3.63) is 29.3 Å². The van der Waals surface area contributed by atoms with Crippen LogP contribution in [0.15, 0.2) is 23.1 Å². The molecule has 1 aliphatic heterocycles. The average molecular weight is 340 g/mol. The van der Waals surface area contributed by atoms with E-state index in [4.69, 9.17) is 4.74 Å². The van der Waals surface area contributed by atoms with Gasteiger partial charge in [-0.15, -0.1) is 0 Å². The number of hydrogen-bond donors (Lipinski definition) is 1. The zero-order valence-corrected chi connectivity index (χ0v) is 14.6. The molecule has 0 bridgehead atoms. The van der Waals surface area contributed by atoms with E-state index >= 15 is 0 Å². The van der Waals surface area contributed by atoms with E-state index in [9.17, 15) is 13.2 Å². The summed E-state index contributed by atoms with van der Waals surface area (Å²) in [6, 6.07) is 4.75. The monoisotopic (exact) mass is 340 g/mol. The van der Waals surface area contributed by atoms with Gasteiger partial charge >= 0.3 is 0 Å². The second-order valence-electron chi connectivity index (χ2n) is 5.78. The summed E-state index contributed by atoms with van der Waals surface area (Å²) >= 11 is 0. The molecule has 0 spiro atoms. The van der Waals surface area contributed by atoms with Crippen LogP contribution in [0.25, 0.3) is 0 Å². The molecule has 1 heterocycles. The Morgan fingerprint density at radius 2 is 2.00 bits per heavy atom. The molecule has 1 fully saturated rings. The smallest absolute Gasteiger partial charge is 0.251 e. The fraction of sp³-hybridized carbons (Fsp3) is 0.562. The van der Waals surface area contributed by atoms with Crippen LogP contribution in [0, 0.1) is 6.92 Å². The number of nitrogens with zero attached hydrogens (tertiary/aromatic N) is 1. The van der Waals surface area contributed by atoms with Crippen molar-refractivity contribution in [2.75, 3.05) is 26.3 Å². The van der Waals surface area contributed by atoms with Gasteiger partial charge < -0.3 is 10.1 Å². The van der Waals surface area contributed by atoms with Crippen LogP contribution in [-0.4, -0.2) is 51.0 Å². The van der Waals surface area contributed by atoms with E-state index in [1.54, 1.807) is 19.1 Å². The molecule has 23 heavy (non-hydrogen) atoms. The van der Waals surface area contributed by atoms with Crippen molar-refractivity contribution < 1.29 is 17.9 Å². The van der Waals surface area contributed by atoms with Gasteiger partial charge in [-0.1, -0.05) is 13.0 Å². The van der Waals surface area contributed by atoms with Crippen LogP contribution in [0.5, 0.6) is 0 Å². The Morgan fingerprint density at radius 3 is 2.61 bits per heavy atom. The normalized spacial score (nSPS) is 17.7. The molecule has 1 saturated heterocycles. The second kappa shape index (κ2) is 7.42. The standard InChI is InChI=1S/C16H24N2O4S/c1-4-13(3)17-16(19)15-11-14(6-5-12(15)2)23(20,21)18-7-9-22-10-8-18/h5-6,11,13H,4,7-10H2,1-3H3,(H,17,19)/t13-/m0/s1. The van der Waals surface area contributed by atoms with E-state index in [0.29, 0.717) is 31.9 Å². The Balaban J connectivity index is 2.30. The number of ether oxygens (including phenoxy) is 1. The number of benzene rings is 1. The molecule has 2 rings (SSSR count). The van der Waals surface area contributed by atoms with Crippen LogP contribution in [-0.2, 0) is 14.8 Å². The SMILES string of the molecule is CC[C@H](C)NC(=O)c1cc(S(=O)(=O)N2CCOCC2)ccc1C. The number of amides is 1. The predicted molar refractivity (Wildman–Crippen MR) is 88.0 cm³/mol. The van der Waals surface area contributed by atoms with Gasteiger partial charge in [0.1, 0.15) is 0 Å². The van der Waals surface area contributed by atoms with E-state index in [0.717, 1.165) is 12.0 Å². The highest BCUT2D eigenvalue weighted by Crippen LogP contribution is 2.20. The van der Waals surface area contributed by atoms with Crippen molar-refractivity contribution in [1.82, 2.24) is 9.62 Å². The largest absolute Gasteiger partial charge is 0.379 e. The fourth-order valence-electron chi connectivity index (χ4n) is 2.35. The first-order valence-electron chi connectivity index (χ1n) is 7.85. The lowest BCUT2D eigenvalue weighted by Crippen LogP contribution is -2.40. The number of aryl methyl sites for hydroxylation is 1. The maximum absolute atomic E-state index is 12.7. The third-order valence-corrected chi connectivity index (χ3v) is 5.95. The molecule has 1 amide bonds. The van der Waals surface area contributed by atoms with Gasteiger partial charge in [0.05, 0.1) is 18.1 Å². The predicted octanol–water partition coefficient (Wildman–Crippen LogP) is 1.54. The average Bonchev–Trinajstić information content (AvgIpc) is 2.55. The molecular weight excluding hydrogens is 316 g/mol. The molecule has 1 aromatic carbocycles. The summed E-state index contributed by atoms with van der Waals surface area (Å²) in [7, 11) is -3.60. The first kappa shape index (κ1) is 17.9. The molecule has 1 aromatic rings. The second-order valence-corrected chi connectivity index (χ2v) is 7.71. The summed E-state index contributed by atoms with van der Waals surface area (Å²) in [4.78, 5) is 12.5. The number of rotatable bonds is 5. The molecule has 1 N–H and O–H groups in total. The van der Waals surface area contributed by atoms with Crippen LogP contribution in [0.3, 0.4) is 0 Å². The number of hydrogen-bond acceptors (Lipinski definition) is 4. The molecule has 6 nitrogen and oxygen atoms in total. The number of nitrogens with one attached hydrogen (secondary N) is 1. The number of carbonyl (C=O) groups excluding carboxylic acids is 1. The summed E-state index contributed by atoms with van der Waals surface area (Å²) in [5, 5.41) is 2.88. The first-order valence-corrected chi connectivity index (χ1v) is 9.29. The molecule has 1 atom stereocenters. The highest BCUT2D eigenvalue weighted by Gasteiger charge is 2.27. The molecule has 0 aromatic heterocycles. The minimum absolute atomic E-state index is 0.0430. The molecular formula is C16H24N2O4S.